The van der Waals surface area contributed by atoms with Gasteiger partial charge in [0.2, 0.25) is 10.0 Å². The highest BCUT2D eigenvalue weighted by atomic mass is 79.9. The normalized spacial score (nSPS) is 11.3. The van der Waals surface area contributed by atoms with Crippen LogP contribution in [0, 0.1) is 0 Å². The maximum atomic E-state index is 12.0. The predicted molar refractivity (Wildman–Crippen MR) is 81.7 cm³/mol. The summed E-state index contributed by atoms with van der Waals surface area (Å²) in [5.74, 6) is 0.116. The van der Waals surface area contributed by atoms with E-state index in [-0.39, 0.29) is 16.9 Å². The van der Waals surface area contributed by atoms with Crippen LogP contribution in [0.4, 0.5) is 5.69 Å². The van der Waals surface area contributed by atoms with Gasteiger partial charge in [-0.2, -0.15) is 0 Å². The molecule has 1 rings (SSSR count). The number of alkyl halides is 1. The van der Waals surface area contributed by atoms with E-state index in [1.54, 1.807) is 24.3 Å². The lowest BCUT2D eigenvalue weighted by molar-refractivity contribution is 0.102. The summed E-state index contributed by atoms with van der Waals surface area (Å²) >= 11 is 3.10. The number of hydrogen-bond acceptors (Lipinski definition) is 3. The van der Waals surface area contributed by atoms with Crippen LogP contribution >= 0.6 is 15.9 Å². The van der Waals surface area contributed by atoms with E-state index in [2.05, 4.69) is 15.9 Å². The van der Waals surface area contributed by atoms with Crippen LogP contribution in [-0.2, 0) is 10.0 Å². The molecule has 0 spiro atoms. The fourth-order valence-corrected chi connectivity index (χ4v) is 3.25. The number of halogens is 1. The Balaban J connectivity index is 2.89. The van der Waals surface area contributed by atoms with Crippen LogP contribution in [0.25, 0.3) is 0 Å². The molecule has 6 heteroatoms. The molecule has 19 heavy (non-hydrogen) atoms. The van der Waals surface area contributed by atoms with Crippen LogP contribution in [-0.4, -0.2) is 32.3 Å². The molecule has 0 radical (unpaired) electrons. The molecule has 0 aliphatic carbocycles. The Bertz CT molecular complexity index is 525. The van der Waals surface area contributed by atoms with Crippen molar-refractivity contribution in [2.45, 2.75) is 19.8 Å². The lowest BCUT2D eigenvalue weighted by Gasteiger charge is -2.19. The average Bonchev–Trinajstić information content (AvgIpc) is 2.43. The average molecular weight is 348 g/mol. The second-order valence-electron chi connectivity index (χ2n) is 4.24. The van der Waals surface area contributed by atoms with Gasteiger partial charge >= 0.3 is 0 Å². The summed E-state index contributed by atoms with van der Waals surface area (Å²) < 4.78 is 25.3. The zero-order valence-corrected chi connectivity index (χ0v) is 13.5. The number of ketones is 1. The van der Waals surface area contributed by atoms with Crippen molar-refractivity contribution in [1.82, 2.24) is 0 Å². The zero-order chi connectivity index (χ0) is 14.5. The molecule has 0 fully saturated rings. The molecule has 1 aromatic carbocycles. The van der Waals surface area contributed by atoms with E-state index in [9.17, 15) is 13.2 Å². The molecule has 106 valence electrons. The molecule has 0 amide bonds. The van der Waals surface area contributed by atoms with Gasteiger partial charge in [-0.05, 0) is 30.7 Å². The lowest BCUT2D eigenvalue weighted by Crippen LogP contribution is -2.29. The van der Waals surface area contributed by atoms with E-state index in [1.807, 2.05) is 6.92 Å². The van der Waals surface area contributed by atoms with Gasteiger partial charge in [0.25, 0.3) is 0 Å². The van der Waals surface area contributed by atoms with Crippen LogP contribution in [0.15, 0.2) is 24.3 Å². The molecule has 0 aromatic heterocycles. The minimum Gasteiger partial charge on any atom is -0.293 e. The largest absolute Gasteiger partial charge is 0.293 e. The number of carbonyl (C=O) groups excluding carboxylic acids is 1. The Morgan fingerprint density at radius 1 is 1.26 bits per heavy atom. The molecule has 0 heterocycles. The Kier molecular flexibility index (Phi) is 6.00. The quantitative estimate of drug-likeness (QED) is 0.562. The first kappa shape index (κ1) is 16.2. The van der Waals surface area contributed by atoms with Crippen molar-refractivity contribution in [3.05, 3.63) is 29.8 Å². The number of benzene rings is 1. The summed E-state index contributed by atoms with van der Waals surface area (Å²) in [6.07, 6.45) is 1.48. The van der Waals surface area contributed by atoms with E-state index in [4.69, 9.17) is 0 Å². The molecule has 0 aliphatic rings. The zero-order valence-electron chi connectivity index (χ0n) is 11.1. The molecule has 0 bridgehead atoms. The van der Waals surface area contributed by atoms with E-state index < -0.39 is 10.0 Å². The predicted octanol–water partition coefficient (Wildman–Crippen LogP) is 2.83. The van der Waals surface area contributed by atoms with Gasteiger partial charge in [-0.1, -0.05) is 29.3 Å². The number of rotatable bonds is 7. The smallest absolute Gasteiger partial charge is 0.234 e. The number of hydrogen-bond donors (Lipinski definition) is 0. The molecular formula is C13H18BrNO3S. The molecule has 1 aromatic rings. The van der Waals surface area contributed by atoms with Crippen molar-refractivity contribution in [2.75, 3.05) is 22.4 Å². The highest BCUT2D eigenvalue weighted by Crippen LogP contribution is 2.18. The summed E-state index contributed by atoms with van der Waals surface area (Å²) in [6, 6.07) is 6.59. The Labute approximate surface area is 123 Å². The first-order valence-electron chi connectivity index (χ1n) is 6.08. The third-order valence-electron chi connectivity index (χ3n) is 2.85. The summed E-state index contributed by atoms with van der Waals surface area (Å²) in [5.41, 5.74) is 1.14. The van der Waals surface area contributed by atoms with Gasteiger partial charge in [-0.3, -0.25) is 9.10 Å². The van der Waals surface area contributed by atoms with E-state index in [0.29, 0.717) is 17.7 Å². The molecule has 0 unspecified atom stereocenters. The Morgan fingerprint density at radius 2 is 1.84 bits per heavy atom. The summed E-state index contributed by atoms with van der Waals surface area (Å²) in [4.78, 5) is 11.5. The van der Waals surface area contributed by atoms with Gasteiger partial charge in [-0.15, -0.1) is 0 Å². The van der Waals surface area contributed by atoms with Crippen molar-refractivity contribution >= 4 is 37.4 Å². The molecule has 4 nitrogen and oxygen atoms in total. The van der Waals surface area contributed by atoms with Crippen LogP contribution in [0.2, 0.25) is 0 Å². The van der Waals surface area contributed by atoms with Crippen molar-refractivity contribution < 1.29 is 13.2 Å². The van der Waals surface area contributed by atoms with Gasteiger partial charge in [0.15, 0.2) is 5.78 Å². The van der Waals surface area contributed by atoms with Crippen molar-refractivity contribution in [3.8, 4) is 0 Å². The maximum absolute atomic E-state index is 12.0. The Hall–Kier alpha value is -0.880. The first-order valence-corrected chi connectivity index (χ1v) is 8.81. The summed E-state index contributed by atoms with van der Waals surface area (Å²) in [7, 11) is -1.74. The van der Waals surface area contributed by atoms with E-state index >= 15 is 0 Å². The van der Waals surface area contributed by atoms with Gasteiger partial charge in [-0.25, -0.2) is 8.42 Å². The SMILES string of the molecule is CCCCS(=O)(=O)N(C)c1ccc(C(=O)CBr)cc1. The number of anilines is 1. The second kappa shape index (κ2) is 7.05. The van der Waals surface area contributed by atoms with Crippen molar-refractivity contribution in [3.63, 3.8) is 0 Å². The highest BCUT2D eigenvalue weighted by molar-refractivity contribution is 9.09. The summed E-state index contributed by atoms with van der Waals surface area (Å²) in [6.45, 7) is 1.95. The monoisotopic (exact) mass is 347 g/mol. The third-order valence-corrected chi connectivity index (χ3v) is 5.21. The lowest BCUT2D eigenvalue weighted by atomic mass is 10.1. The fraction of sp³-hybridized carbons (Fsp3) is 0.462. The number of Topliss-reactive ketones (excluding diaryl/α,β-unsaturated/α-hetero) is 1. The van der Waals surface area contributed by atoms with Crippen molar-refractivity contribution in [1.29, 1.82) is 0 Å². The number of nitrogens with zero attached hydrogens (tertiary/aromatic N) is 1. The molecule has 0 saturated heterocycles. The number of unbranched alkanes of at least 4 members (excludes halogenated alkanes) is 1. The van der Waals surface area contributed by atoms with Gasteiger partial charge in [0.05, 0.1) is 16.8 Å². The fourth-order valence-electron chi connectivity index (χ4n) is 1.56. The van der Waals surface area contributed by atoms with Crippen LogP contribution in [0.3, 0.4) is 0 Å². The van der Waals surface area contributed by atoms with E-state index in [0.717, 1.165) is 6.42 Å². The summed E-state index contributed by atoms with van der Waals surface area (Å²) in [5, 5.41) is 0.261. The van der Waals surface area contributed by atoms with Crippen LogP contribution in [0.1, 0.15) is 30.1 Å². The van der Waals surface area contributed by atoms with Crippen molar-refractivity contribution in [2.24, 2.45) is 0 Å². The third kappa shape index (κ3) is 4.31. The van der Waals surface area contributed by atoms with Gasteiger partial charge in [0, 0.05) is 12.6 Å². The Morgan fingerprint density at radius 3 is 2.32 bits per heavy atom. The standard InChI is InChI=1S/C13H18BrNO3S/c1-3-4-9-19(17,18)15(2)12-7-5-11(6-8-12)13(16)10-14/h5-8H,3-4,9-10H2,1-2H3. The van der Waals surface area contributed by atoms with Crippen LogP contribution < -0.4 is 4.31 Å². The minimum absolute atomic E-state index is 0.0250. The first-order chi connectivity index (χ1) is 8.92. The highest BCUT2D eigenvalue weighted by Gasteiger charge is 2.17. The maximum Gasteiger partial charge on any atom is 0.234 e. The number of sulfonamides is 1. The van der Waals surface area contributed by atoms with Gasteiger partial charge in [0.1, 0.15) is 0 Å². The minimum atomic E-state index is -3.28. The van der Waals surface area contributed by atoms with Gasteiger partial charge < -0.3 is 0 Å². The van der Waals surface area contributed by atoms with Crippen LogP contribution in [0.5, 0.6) is 0 Å². The van der Waals surface area contributed by atoms with E-state index in [1.165, 1.54) is 11.4 Å². The molecule has 0 saturated carbocycles. The second-order valence-corrected chi connectivity index (χ2v) is 6.92. The topological polar surface area (TPSA) is 54.5 Å². The molecule has 0 atom stereocenters. The number of carbonyl (C=O) groups is 1. The molecular weight excluding hydrogens is 330 g/mol. The molecule has 0 aliphatic heterocycles. The molecule has 0 N–H and O–H groups in total.